The summed E-state index contributed by atoms with van der Waals surface area (Å²) < 4.78 is 28.1. The molecular formula is C17H16Br2N4O5S. The Morgan fingerprint density at radius 3 is 2.07 bits per heavy atom. The van der Waals surface area contributed by atoms with Gasteiger partial charge in [0.25, 0.3) is 0 Å². The number of nitrogens with two attached hydrogens (primary N) is 2. The van der Waals surface area contributed by atoms with Gasteiger partial charge in [0.2, 0.25) is 27.7 Å². The molecule has 29 heavy (non-hydrogen) atoms. The lowest BCUT2D eigenvalue weighted by Crippen LogP contribution is -2.28. The second-order valence-corrected chi connectivity index (χ2v) is 9.30. The number of anilines is 1. The van der Waals surface area contributed by atoms with E-state index in [4.69, 9.17) is 11.5 Å². The minimum Gasteiger partial charge on any atom is -0.366 e. The molecule has 0 atom stereocenters. The van der Waals surface area contributed by atoms with E-state index in [0.717, 1.165) is 0 Å². The summed E-state index contributed by atoms with van der Waals surface area (Å²) in [4.78, 5) is 34.9. The van der Waals surface area contributed by atoms with Crippen LogP contribution in [-0.4, -0.2) is 32.7 Å². The Morgan fingerprint density at radius 1 is 0.931 bits per heavy atom. The number of nitrogens with one attached hydrogen (secondary N) is 2. The van der Waals surface area contributed by atoms with Crippen LogP contribution in [0.4, 0.5) is 5.69 Å². The van der Waals surface area contributed by atoms with Crippen LogP contribution in [0.5, 0.6) is 0 Å². The number of primary amides is 2. The van der Waals surface area contributed by atoms with E-state index in [-0.39, 0.29) is 34.7 Å². The number of halogens is 2. The van der Waals surface area contributed by atoms with Gasteiger partial charge in [-0.25, -0.2) is 13.1 Å². The third-order valence-corrected chi connectivity index (χ3v) is 6.56. The first-order valence-electron chi connectivity index (χ1n) is 7.99. The number of hydrogen-bond donors (Lipinski definition) is 4. The lowest BCUT2D eigenvalue weighted by atomic mass is 10.1. The topological polar surface area (TPSA) is 161 Å². The van der Waals surface area contributed by atoms with Crippen LogP contribution in [-0.2, 0) is 14.8 Å². The van der Waals surface area contributed by atoms with Gasteiger partial charge in [0, 0.05) is 38.7 Å². The Kier molecular flexibility index (Phi) is 7.52. The maximum Gasteiger partial charge on any atom is 0.248 e. The molecule has 2 rings (SSSR count). The van der Waals surface area contributed by atoms with E-state index in [1.165, 1.54) is 24.3 Å². The standard InChI is InChI=1S/C17H16Br2N4O5S/c18-11-1-2-13(19)14(8-11)29(27,28)22-4-3-15(24)23-12-6-9(16(20)25)5-10(7-12)17(21)26/h1-2,5-8,22H,3-4H2,(H2,20,25)(H2,21,26)(H,23,24). The van der Waals surface area contributed by atoms with E-state index >= 15 is 0 Å². The maximum absolute atomic E-state index is 12.4. The van der Waals surface area contributed by atoms with Gasteiger partial charge in [0.15, 0.2) is 0 Å². The molecule has 2 aromatic carbocycles. The summed E-state index contributed by atoms with van der Waals surface area (Å²) >= 11 is 6.38. The summed E-state index contributed by atoms with van der Waals surface area (Å²) in [5.41, 5.74) is 10.5. The second-order valence-electron chi connectivity index (χ2n) is 5.80. The van der Waals surface area contributed by atoms with Crippen molar-refractivity contribution in [3.8, 4) is 0 Å². The average Bonchev–Trinajstić information content (AvgIpc) is 2.63. The van der Waals surface area contributed by atoms with Gasteiger partial charge in [-0.2, -0.15) is 0 Å². The van der Waals surface area contributed by atoms with Crippen molar-refractivity contribution < 1.29 is 22.8 Å². The SMILES string of the molecule is NC(=O)c1cc(NC(=O)CCNS(=O)(=O)c2cc(Br)ccc2Br)cc(C(N)=O)c1. The Labute approximate surface area is 183 Å². The summed E-state index contributed by atoms with van der Waals surface area (Å²) in [6.07, 6.45) is -0.197. The number of rotatable bonds is 8. The van der Waals surface area contributed by atoms with Crippen molar-refractivity contribution in [3.05, 3.63) is 56.5 Å². The van der Waals surface area contributed by atoms with Crippen molar-refractivity contribution in [2.45, 2.75) is 11.3 Å². The molecule has 0 fully saturated rings. The van der Waals surface area contributed by atoms with Crippen LogP contribution >= 0.6 is 31.9 Å². The van der Waals surface area contributed by atoms with E-state index < -0.39 is 27.7 Å². The van der Waals surface area contributed by atoms with Gasteiger partial charge in [-0.15, -0.1) is 0 Å². The monoisotopic (exact) mass is 546 g/mol. The third kappa shape index (κ3) is 6.35. The highest BCUT2D eigenvalue weighted by atomic mass is 79.9. The lowest BCUT2D eigenvalue weighted by Gasteiger charge is -2.10. The van der Waals surface area contributed by atoms with Crippen LogP contribution in [0.1, 0.15) is 27.1 Å². The number of amides is 3. The highest BCUT2D eigenvalue weighted by Gasteiger charge is 2.18. The fourth-order valence-corrected chi connectivity index (χ4v) is 4.80. The highest BCUT2D eigenvalue weighted by molar-refractivity contribution is 9.11. The van der Waals surface area contributed by atoms with Crippen molar-refractivity contribution >= 4 is 65.3 Å². The molecule has 0 aliphatic rings. The van der Waals surface area contributed by atoms with Crippen LogP contribution in [0.3, 0.4) is 0 Å². The second kappa shape index (κ2) is 9.48. The number of hydrogen-bond acceptors (Lipinski definition) is 5. The van der Waals surface area contributed by atoms with Gasteiger partial charge in [0.1, 0.15) is 0 Å². The van der Waals surface area contributed by atoms with Crippen molar-refractivity contribution in [2.75, 3.05) is 11.9 Å². The Bertz CT molecular complexity index is 1060. The summed E-state index contributed by atoms with van der Waals surface area (Å²) in [5.74, 6) is -2.13. The number of benzene rings is 2. The average molecular weight is 548 g/mol. The zero-order valence-corrected chi connectivity index (χ0v) is 18.7. The van der Waals surface area contributed by atoms with Crippen molar-refractivity contribution in [1.29, 1.82) is 0 Å². The lowest BCUT2D eigenvalue weighted by molar-refractivity contribution is -0.116. The summed E-state index contributed by atoms with van der Waals surface area (Å²) in [7, 11) is -3.85. The molecule has 0 saturated carbocycles. The fraction of sp³-hybridized carbons (Fsp3) is 0.118. The zero-order chi connectivity index (χ0) is 21.8. The predicted molar refractivity (Wildman–Crippen MR) is 114 cm³/mol. The molecule has 0 saturated heterocycles. The molecule has 154 valence electrons. The smallest absolute Gasteiger partial charge is 0.248 e. The molecule has 0 radical (unpaired) electrons. The van der Waals surface area contributed by atoms with Gasteiger partial charge < -0.3 is 16.8 Å². The minimum absolute atomic E-state index is 0.00296. The molecule has 0 unspecified atom stereocenters. The molecule has 2 aromatic rings. The minimum atomic E-state index is -3.85. The number of carbonyl (C=O) groups excluding carboxylic acids is 3. The molecule has 0 aliphatic heterocycles. The molecule has 0 spiro atoms. The van der Waals surface area contributed by atoms with Crippen LogP contribution in [0.2, 0.25) is 0 Å². The molecule has 3 amide bonds. The number of sulfonamides is 1. The Hall–Kier alpha value is -2.28. The van der Waals surface area contributed by atoms with Crippen molar-refractivity contribution in [2.24, 2.45) is 11.5 Å². The van der Waals surface area contributed by atoms with Crippen LogP contribution in [0.25, 0.3) is 0 Å². The molecule has 0 bridgehead atoms. The van der Waals surface area contributed by atoms with Crippen LogP contribution in [0.15, 0.2) is 50.2 Å². The molecule has 12 heteroatoms. The van der Waals surface area contributed by atoms with E-state index in [1.54, 1.807) is 12.1 Å². The van der Waals surface area contributed by atoms with Gasteiger partial charge in [-0.05, 0) is 52.3 Å². The first-order chi connectivity index (χ1) is 13.5. The Balaban J connectivity index is 2.04. The summed E-state index contributed by atoms with van der Waals surface area (Å²) in [6, 6.07) is 8.47. The fourth-order valence-electron chi connectivity index (χ4n) is 2.27. The molecule has 0 aromatic heterocycles. The quantitative estimate of drug-likeness (QED) is 0.395. The predicted octanol–water partition coefficient (Wildman–Crippen LogP) is 1.72. The van der Waals surface area contributed by atoms with Crippen molar-refractivity contribution in [3.63, 3.8) is 0 Å². The zero-order valence-electron chi connectivity index (χ0n) is 14.7. The van der Waals surface area contributed by atoms with Gasteiger partial charge in [0.05, 0.1) is 4.90 Å². The van der Waals surface area contributed by atoms with E-state index in [9.17, 15) is 22.8 Å². The van der Waals surface area contributed by atoms with Crippen LogP contribution in [0, 0.1) is 0 Å². The largest absolute Gasteiger partial charge is 0.366 e. The molecule has 9 nitrogen and oxygen atoms in total. The summed E-state index contributed by atoms with van der Waals surface area (Å²) in [6.45, 7) is -0.175. The van der Waals surface area contributed by atoms with E-state index in [0.29, 0.717) is 8.95 Å². The first-order valence-corrected chi connectivity index (χ1v) is 11.1. The van der Waals surface area contributed by atoms with Gasteiger partial charge in [-0.3, -0.25) is 14.4 Å². The molecule has 0 aliphatic carbocycles. The van der Waals surface area contributed by atoms with Crippen LogP contribution < -0.4 is 21.5 Å². The number of carbonyl (C=O) groups is 3. The first kappa shape index (κ1) is 23.0. The third-order valence-electron chi connectivity index (χ3n) is 3.61. The normalized spacial score (nSPS) is 11.1. The van der Waals surface area contributed by atoms with E-state index in [1.807, 2.05) is 0 Å². The summed E-state index contributed by atoms with van der Waals surface area (Å²) in [5, 5.41) is 2.47. The Morgan fingerprint density at radius 2 is 1.52 bits per heavy atom. The van der Waals surface area contributed by atoms with Crippen molar-refractivity contribution in [1.82, 2.24) is 4.72 Å². The molecular weight excluding hydrogens is 532 g/mol. The van der Waals surface area contributed by atoms with E-state index in [2.05, 4.69) is 41.9 Å². The van der Waals surface area contributed by atoms with Gasteiger partial charge in [-0.1, -0.05) is 15.9 Å². The molecule has 0 heterocycles. The highest BCUT2D eigenvalue weighted by Crippen LogP contribution is 2.25. The maximum atomic E-state index is 12.4. The molecule has 6 N–H and O–H groups in total. The van der Waals surface area contributed by atoms with Gasteiger partial charge >= 0.3 is 0 Å².